The van der Waals surface area contributed by atoms with Gasteiger partial charge in [0.25, 0.3) is 5.69 Å². The number of carbonyl (C=O) groups excluding carboxylic acids is 2. The van der Waals surface area contributed by atoms with Crippen LogP contribution in [-0.2, 0) is 39.9 Å². The molecule has 182 valence electrons. The maximum Gasteiger partial charge on any atom is 0.508 e. The highest BCUT2D eigenvalue weighted by molar-refractivity contribution is 8.03. The van der Waals surface area contributed by atoms with Gasteiger partial charge in [0.05, 0.1) is 30.7 Å². The van der Waals surface area contributed by atoms with E-state index in [4.69, 9.17) is 23.7 Å². The molecule has 2 atom stereocenters. The minimum atomic E-state index is -1.28. The molecule has 2 saturated heterocycles. The quantitative estimate of drug-likeness (QED) is 0.228. The predicted molar refractivity (Wildman–Crippen MR) is 112 cm³/mol. The Morgan fingerprint density at radius 2 is 1.91 bits per heavy atom. The van der Waals surface area contributed by atoms with Gasteiger partial charge >= 0.3 is 12.1 Å². The largest absolute Gasteiger partial charge is 0.508 e. The number of carboxylic acids is 1. The van der Waals surface area contributed by atoms with Crippen molar-refractivity contribution < 1.29 is 48.1 Å². The highest BCUT2D eigenvalue weighted by atomic mass is 32.2. The van der Waals surface area contributed by atoms with E-state index in [-0.39, 0.29) is 56.1 Å². The third-order valence-electron chi connectivity index (χ3n) is 5.22. The average Bonchev–Trinajstić information content (AvgIpc) is 3.16. The van der Waals surface area contributed by atoms with Gasteiger partial charge in [-0.15, -0.1) is 0 Å². The van der Waals surface area contributed by atoms with Gasteiger partial charge in [-0.25, -0.2) is 9.59 Å². The van der Waals surface area contributed by atoms with Gasteiger partial charge < -0.3 is 28.8 Å². The number of hydrogen-bond acceptors (Lipinski definition) is 11. The van der Waals surface area contributed by atoms with E-state index in [1.165, 1.54) is 29.2 Å². The monoisotopic (exact) mass is 496 g/mol. The smallest absolute Gasteiger partial charge is 0.477 e. The summed E-state index contributed by atoms with van der Waals surface area (Å²) in [6.07, 6.45) is -1.26. The molecule has 2 fully saturated rings. The molecule has 3 heterocycles. The van der Waals surface area contributed by atoms with Crippen LogP contribution < -0.4 is 0 Å². The normalized spacial score (nSPS) is 22.1. The first-order valence-electron chi connectivity index (χ1n) is 10.2. The lowest BCUT2D eigenvalue weighted by Gasteiger charge is -2.41. The van der Waals surface area contributed by atoms with Crippen LogP contribution in [0.5, 0.6) is 0 Å². The van der Waals surface area contributed by atoms with E-state index in [2.05, 4.69) is 0 Å². The van der Waals surface area contributed by atoms with Crippen LogP contribution in [0.1, 0.15) is 12.0 Å². The molecular formula is C20H20N2O11S. The Morgan fingerprint density at radius 3 is 2.56 bits per heavy atom. The van der Waals surface area contributed by atoms with Crippen molar-refractivity contribution in [3.63, 3.8) is 0 Å². The number of hydrogen-bond donors (Lipinski definition) is 1. The minimum absolute atomic E-state index is 0.0789. The summed E-state index contributed by atoms with van der Waals surface area (Å²) in [7, 11) is 0. The number of fused-ring (bicyclic) bond motifs is 1. The van der Waals surface area contributed by atoms with Gasteiger partial charge in [-0.3, -0.25) is 19.8 Å². The fraction of sp³-hybridized carbons (Fsp3) is 0.450. The van der Waals surface area contributed by atoms with Crippen LogP contribution in [0.25, 0.3) is 0 Å². The molecule has 0 saturated carbocycles. The van der Waals surface area contributed by atoms with Gasteiger partial charge in [-0.05, 0) is 24.1 Å². The highest BCUT2D eigenvalue weighted by Crippen LogP contribution is 2.50. The van der Waals surface area contributed by atoms with Gasteiger partial charge in [-0.2, -0.15) is 0 Å². The first kappa shape index (κ1) is 23.8. The fourth-order valence-electron chi connectivity index (χ4n) is 3.55. The van der Waals surface area contributed by atoms with Crippen molar-refractivity contribution in [2.75, 3.05) is 26.6 Å². The van der Waals surface area contributed by atoms with Crippen molar-refractivity contribution in [2.45, 2.75) is 24.5 Å². The Hall–Kier alpha value is -3.36. The zero-order valence-electron chi connectivity index (χ0n) is 17.6. The predicted octanol–water partition coefficient (Wildman–Crippen LogP) is 1.81. The fourth-order valence-corrected chi connectivity index (χ4v) is 4.99. The second kappa shape index (κ2) is 10.3. The molecule has 0 aliphatic carbocycles. The Bertz CT molecular complexity index is 1010. The summed E-state index contributed by atoms with van der Waals surface area (Å²) >= 11 is 1.12. The van der Waals surface area contributed by atoms with Gasteiger partial charge in [-0.1, -0.05) is 11.8 Å². The number of non-ortho nitro benzene ring substituents is 1. The number of aliphatic carboxylic acids is 1. The van der Waals surface area contributed by atoms with Crippen molar-refractivity contribution >= 4 is 35.5 Å². The van der Waals surface area contributed by atoms with Crippen LogP contribution in [0.2, 0.25) is 0 Å². The zero-order valence-corrected chi connectivity index (χ0v) is 18.4. The summed E-state index contributed by atoms with van der Waals surface area (Å²) in [6, 6.07) is 5.51. The molecule has 1 amide bonds. The number of ether oxygens (including phenoxy) is 5. The molecule has 0 aromatic heterocycles. The first-order valence-corrected chi connectivity index (χ1v) is 11.1. The van der Waals surface area contributed by atoms with E-state index in [9.17, 15) is 29.6 Å². The molecule has 4 rings (SSSR count). The molecule has 1 unspecified atom stereocenters. The second-order valence-corrected chi connectivity index (χ2v) is 8.55. The number of carboxylic acid groups (broad SMARTS) is 1. The molecule has 13 nitrogen and oxygen atoms in total. The minimum Gasteiger partial charge on any atom is -0.477 e. The maximum atomic E-state index is 12.5. The summed E-state index contributed by atoms with van der Waals surface area (Å²) in [5, 5.41) is 19.9. The molecule has 1 N–H and O–H groups in total. The Kier molecular flexibility index (Phi) is 7.19. The number of thioether (sulfide) groups is 1. The number of nitro groups is 1. The van der Waals surface area contributed by atoms with Crippen LogP contribution in [0, 0.1) is 16.0 Å². The molecule has 3 aliphatic rings. The number of carbonyl (C=O) groups is 3. The lowest BCUT2D eigenvalue weighted by atomic mass is 9.94. The van der Waals surface area contributed by atoms with E-state index in [0.29, 0.717) is 5.56 Å². The average molecular weight is 496 g/mol. The van der Waals surface area contributed by atoms with Crippen molar-refractivity contribution in [3.05, 3.63) is 50.7 Å². The first-order chi connectivity index (χ1) is 16.3. The molecule has 1 aromatic carbocycles. The van der Waals surface area contributed by atoms with E-state index < -0.39 is 40.4 Å². The highest BCUT2D eigenvalue weighted by Gasteiger charge is 2.57. The summed E-state index contributed by atoms with van der Waals surface area (Å²) in [5.41, 5.74) is 0.248. The lowest BCUT2D eigenvalue weighted by molar-refractivity contribution is -0.384. The number of amides is 1. The molecule has 3 aliphatic heterocycles. The summed E-state index contributed by atoms with van der Waals surface area (Å²) in [6.45, 7) is 0.392. The van der Waals surface area contributed by atoms with Gasteiger partial charge in [0.2, 0.25) is 5.91 Å². The van der Waals surface area contributed by atoms with Crippen LogP contribution in [0.15, 0.2) is 35.1 Å². The Morgan fingerprint density at radius 1 is 1.21 bits per heavy atom. The van der Waals surface area contributed by atoms with E-state index >= 15 is 0 Å². The number of rotatable bonds is 9. The van der Waals surface area contributed by atoms with Crippen LogP contribution in [0.4, 0.5) is 10.5 Å². The summed E-state index contributed by atoms with van der Waals surface area (Å²) in [5.74, 6) is -2.23. The third kappa shape index (κ3) is 5.08. The molecule has 0 radical (unpaired) electrons. The van der Waals surface area contributed by atoms with Crippen LogP contribution in [-0.4, -0.2) is 71.1 Å². The standard InChI is InChI=1S/C20H20N2O11S/c23-16-14(5-6-31-20(26)32-7-11-1-3-12(4-2-11)22(27)28)17-21(16)15(18(24)25)19(34-17)33-13-8-29-10-30-9-13/h1-4,13-14,17H,5-10H2,(H,24,25)/t14?,17-/m1/s1. The van der Waals surface area contributed by atoms with Crippen molar-refractivity contribution in [2.24, 2.45) is 5.92 Å². The van der Waals surface area contributed by atoms with Gasteiger partial charge in [0.1, 0.15) is 24.9 Å². The number of benzene rings is 1. The molecule has 34 heavy (non-hydrogen) atoms. The number of nitrogens with zero attached hydrogens (tertiary/aromatic N) is 2. The van der Waals surface area contributed by atoms with E-state index in [1.54, 1.807) is 0 Å². The van der Waals surface area contributed by atoms with Crippen molar-refractivity contribution in [1.29, 1.82) is 0 Å². The molecule has 14 heteroatoms. The molecule has 0 spiro atoms. The summed E-state index contributed by atoms with van der Waals surface area (Å²) in [4.78, 5) is 47.4. The Balaban J connectivity index is 1.23. The van der Waals surface area contributed by atoms with Crippen molar-refractivity contribution in [3.8, 4) is 0 Å². The van der Waals surface area contributed by atoms with Gasteiger partial charge in [0, 0.05) is 12.1 Å². The topological polar surface area (TPSA) is 164 Å². The third-order valence-corrected chi connectivity index (χ3v) is 6.50. The second-order valence-electron chi connectivity index (χ2n) is 7.46. The number of β-lactam (4-membered cyclic amide) rings is 1. The van der Waals surface area contributed by atoms with Crippen LogP contribution >= 0.6 is 11.8 Å². The molecular weight excluding hydrogens is 476 g/mol. The SMILES string of the molecule is O=C(OCCC1C(=O)N2C(C(=O)O)=C(OC3COCOC3)S[C@H]12)OCc1ccc([N+](=O)[O-])cc1. The number of nitro benzene ring substituents is 1. The lowest BCUT2D eigenvalue weighted by Crippen LogP contribution is -2.57. The van der Waals surface area contributed by atoms with E-state index in [1.807, 2.05) is 0 Å². The van der Waals surface area contributed by atoms with Crippen LogP contribution in [0.3, 0.4) is 0 Å². The zero-order chi connectivity index (χ0) is 24.2. The maximum absolute atomic E-state index is 12.5. The Labute approximate surface area is 196 Å². The van der Waals surface area contributed by atoms with E-state index in [0.717, 1.165) is 11.8 Å². The summed E-state index contributed by atoms with van der Waals surface area (Å²) < 4.78 is 26.0. The van der Waals surface area contributed by atoms with Crippen molar-refractivity contribution in [1.82, 2.24) is 4.90 Å². The molecule has 1 aromatic rings. The molecule has 0 bridgehead atoms. The van der Waals surface area contributed by atoms with Gasteiger partial charge in [0.15, 0.2) is 10.8 Å².